The summed E-state index contributed by atoms with van der Waals surface area (Å²) in [7, 11) is 0. The van der Waals surface area contributed by atoms with Crippen molar-refractivity contribution in [2.45, 2.75) is 26.7 Å². The summed E-state index contributed by atoms with van der Waals surface area (Å²) in [5.74, 6) is 1.01. The lowest BCUT2D eigenvalue weighted by Crippen LogP contribution is -2.38. The van der Waals surface area contributed by atoms with E-state index in [2.05, 4.69) is 39.0 Å². The number of carbonyl (C=O) groups is 1. The molecule has 0 unspecified atom stereocenters. The molecule has 0 saturated carbocycles. The first kappa shape index (κ1) is 20.8. The van der Waals surface area contributed by atoms with Crippen molar-refractivity contribution >= 4 is 72.7 Å². The summed E-state index contributed by atoms with van der Waals surface area (Å²) < 4.78 is 0.731. The van der Waals surface area contributed by atoms with E-state index in [-0.39, 0.29) is 11.8 Å². The van der Waals surface area contributed by atoms with Gasteiger partial charge in [-0.15, -0.1) is 34.0 Å². The summed E-state index contributed by atoms with van der Waals surface area (Å²) in [5.41, 5.74) is 2.10. The zero-order chi connectivity index (χ0) is 21.5. The Bertz CT molecular complexity index is 1260. The Morgan fingerprint density at radius 2 is 2.00 bits per heavy atom. The molecule has 10 heteroatoms. The van der Waals surface area contributed by atoms with Gasteiger partial charge in [-0.3, -0.25) is 4.79 Å². The number of anilines is 2. The Balaban J connectivity index is 1.24. The van der Waals surface area contributed by atoms with Gasteiger partial charge in [0.2, 0.25) is 5.91 Å². The fourth-order valence-electron chi connectivity index (χ4n) is 3.86. The smallest absolute Gasteiger partial charge is 0.229 e. The fourth-order valence-corrected chi connectivity index (χ4v) is 6.64. The number of nitrogens with one attached hydrogen (secondary N) is 1. The number of thiazole rings is 1. The lowest BCUT2D eigenvalue weighted by Gasteiger charge is -2.32. The van der Waals surface area contributed by atoms with Crippen LogP contribution in [-0.2, 0) is 4.79 Å². The van der Waals surface area contributed by atoms with Crippen molar-refractivity contribution < 1.29 is 4.79 Å². The van der Waals surface area contributed by atoms with Gasteiger partial charge in [0.25, 0.3) is 0 Å². The van der Waals surface area contributed by atoms with E-state index in [1.54, 1.807) is 17.7 Å². The highest BCUT2D eigenvalue weighted by molar-refractivity contribution is 7.20. The van der Waals surface area contributed by atoms with Gasteiger partial charge in [-0.05, 0) is 44.4 Å². The number of aromatic nitrogens is 3. The summed E-state index contributed by atoms with van der Waals surface area (Å²) in [6.45, 7) is 5.86. The molecule has 0 atom stereocenters. The minimum Gasteiger partial charge on any atom is -0.356 e. The van der Waals surface area contributed by atoms with Gasteiger partial charge in [0.1, 0.15) is 17.0 Å². The second kappa shape index (κ2) is 8.46. The molecule has 31 heavy (non-hydrogen) atoms. The van der Waals surface area contributed by atoms with Gasteiger partial charge < -0.3 is 10.2 Å². The molecule has 4 aromatic rings. The number of thiophene rings is 2. The van der Waals surface area contributed by atoms with Crippen LogP contribution in [0.3, 0.4) is 0 Å². The van der Waals surface area contributed by atoms with E-state index in [0.717, 1.165) is 56.9 Å². The molecular formula is C21H20ClN5OS3. The molecule has 0 aliphatic carbocycles. The molecule has 5 heterocycles. The molecule has 6 nitrogen and oxygen atoms in total. The highest BCUT2D eigenvalue weighted by atomic mass is 35.5. The van der Waals surface area contributed by atoms with E-state index in [1.807, 2.05) is 17.5 Å². The molecule has 160 valence electrons. The molecule has 4 aromatic heterocycles. The van der Waals surface area contributed by atoms with Crippen LogP contribution in [0, 0.1) is 19.8 Å². The van der Waals surface area contributed by atoms with Gasteiger partial charge in [0.15, 0.2) is 5.13 Å². The van der Waals surface area contributed by atoms with Gasteiger partial charge in [-0.1, -0.05) is 11.6 Å². The van der Waals surface area contributed by atoms with Crippen LogP contribution in [0.1, 0.15) is 23.3 Å². The molecule has 0 bridgehead atoms. The number of hydrogen-bond acceptors (Lipinski definition) is 8. The molecule has 1 fully saturated rings. The van der Waals surface area contributed by atoms with Crippen LogP contribution in [0.15, 0.2) is 23.8 Å². The van der Waals surface area contributed by atoms with Crippen molar-refractivity contribution in [3.8, 4) is 10.6 Å². The molecular weight excluding hydrogens is 470 g/mol. The zero-order valence-corrected chi connectivity index (χ0v) is 20.2. The maximum absolute atomic E-state index is 12.8. The number of aryl methyl sites for hydroxylation is 2. The Labute approximate surface area is 196 Å². The topological polar surface area (TPSA) is 71.0 Å². The van der Waals surface area contributed by atoms with E-state index in [4.69, 9.17) is 11.6 Å². The van der Waals surface area contributed by atoms with Crippen LogP contribution >= 0.6 is 45.6 Å². The predicted octanol–water partition coefficient (Wildman–Crippen LogP) is 6.00. The Morgan fingerprint density at radius 3 is 2.74 bits per heavy atom. The van der Waals surface area contributed by atoms with E-state index < -0.39 is 0 Å². The van der Waals surface area contributed by atoms with Crippen LogP contribution < -0.4 is 10.2 Å². The van der Waals surface area contributed by atoms with Crippen molar-refractivity contribution in [1.82, 2.24) is 15.0 Å². The van der Waals surface area contributed by atoms with Gasteiger partial charge in [-0.2, -0.15) is 0 Å². The van der Waals surface area contributed by atoms with Gasteiger partial charge in [0, 0.05) is 29.3 Å². The number of hydrogen-bond donors (Lipinski definition) is 1. The highest BCUT2D eigenvalue weighted by Crippen LogP contribution is 2.36. The molecule has 1 N–H and O–H groups in total. The molecule has 0 aromatic carbocycles. The number of piperidine rings is 1. The van der Waals surface area contributed by atoms with Crippen LogP contribution in [0.25, 0.3) is 20.8 Å². The first-order valence-corrected chi connectivity index (χ1v) is 12.9. The van der Waals surface area contributed by atoms with E-state index in [0.29, 0.717) is 5.13 Å². The van der Waals surface area contributed by atoms with E-state index in [9.17, 15) is 4.79 Å². The largest absolute Gasteiger partial charge is 0.356 e. The third kappa shape index (κ3) is 4.07. The van der Waals surface area contributed by atoms with Crippen molar-refractivity contribution in [2.75, 3.05) is 23.3 Å². The number of rotatable bonds is 4. The van der Waals surface area contributed by atoms with Crippen LogP contribution in [0.4, 0.5) is 10.9 Å². The van der Waals surface area contributed by atoms with Crippen LogP contribution in [0.5, 0.6) is 0 Å². The number of halogens is 1. The summed E-state index contributed by atoms with van der Waals surface area (Å²) in [6, 6.07) is 3.81. The van der Waals surface area contributed by atoms with Crippen LogP contribution in [0.2, 0.25) is 4.34 Å². The number of amides is 1. The Kier molecular flexibility index (Phi) is 5.68. The lowest BCUT2D eigenvalue weighted by atomic mass is 9.96. The van der Waals surface area contributed by atoms with Gasteiger partial charge in [-0.25, -0.2) is 15.0 Å². The maximum Gasteiger partial charge on any atom is 0.229 e. The minimum atomic E-state index is -0.0255. The SMILES string of the molecule is Cc1sc2ncnc(N3CCC(C(=O)Nc4nc(-c5ccc(Cl)s5)cs4)CC3)c2c1C. The van der Waals surface area contributed by atoms with Crippen molar-refractivity contribution in [3.05, 3.63) is 38.6 Å². The molecule has 1 amide bonds. The Morgan fingerprint density at radius 1 is 1.19 bits per heavy atom. The second-order valence-corrected chi connectivity index (χ2v) is 11.3. The third-order valence-corrected chi connectivity index (χ3v) is 8.80. The standard InChI is InChI=1S/C21H20ClN5OS3/c1-11-12(2)30-20-17(11)18(23-10-24-20)27-7-5-13(6-8-27)19(28)26-21-25-14(9-29-21)15-3-4-16(22)31-15/h3-4,9-10,13H,5-8H2,1-2H3,(H,25,26,28). The molecule has 0 radical (unpaired) electrons. The van der Waals surface area contributed by atoms with Crippen molar-refractivity contribution in [3.63, 3.8) is 0 Å². The monoisotopic (exact) mass is 489 g/mol. The highest BCUT2D eigenvalue weighted by Gasteiger charge is 2.28. The van der Waals surface area contributed by atoms with Gasteiger partial charge >= 0.3 is 0 Å². The summed E-state index contributed by atoms with van der Waals surface area (Å²) in [5, 5.41) is 6.74. The Hall–Kier alpha value is -2.07. The number of nitrogens with zero attached hydrogens (tertiary/aromatic N) is 4. The summed E-state index contributed by atoms with van der Waals surface area (Å²) in [6.07, 6.45) is 3.23. The maximum atomic E-state index is 12.8. The minimum absolute atomic E-state index is 0.0255. The number of fused-ring (bicyclic) bond motifs is 1. The van der Waals surface area contributed by atoms with Gasteiger partial charge in [0.05, 0.1) is 20.3 Å². The normalized spacial score (nSPS) is 15.0. The summed E-state index contributed by atoms with van der Waals surface area (Å²) in [4.78, 5) is 32.0. The van der Waals surface area contributed by atoms with Crippen molar-refractivity contribution in [1.29, 1.82) is 0 Å². The molecule has 1 aliphatic heterocycles. The third-order valence-electron chi connectivity index (χ3n) is 5.67. The predicted molar refractivity (Wildman–Crippen MR) is 131 cm³/mol. The molecule has 5 rings (SSSR count). The zero-order valence-electron chi connectivity index (χ0n) is 17.0. The molecule has 0 spiro atoms. The van der Waals surface area contributed by atoms with Crippen LogP contribution in [-0.4, -0.2) is 33.9 Å². The van der Waals surface area contributed by atoms with E-state index in [1.165, 1.54) is 33.1 Å². The second-order valence-electron chi connectivity index (χ2n) is 7.55. The molecule has 1 saturated heterocycles. The average molecular weight is 490 g/mol. The average Bonchev–Trinajstić information content (AvgIpc) is 3.48. The number of carbonyl (C=O) groups excluding carboxylic acids is 1. The fraction of sp³-hybridized carbons (Fsp3) is 0.333. The summed E-state index contributed by atoms with van der Waals surface area (Å²) >= 11 is 10.7. The van der Waals surface area contributed by atoms with Crippen molar-refractivity contribution in [2.24, 2.45) is 5.92 Å². The first-order valence-electron chi connectivity index (χ1n) is 9.97. The quantitative estimate of drug-likeness (QED) is 0.380. The lowest BCUT2D eigenvalue weighted by molar-refractivity contribution is -0.120. The first-order chi connectivity index (χ1) is 15.0. The van der Waals surface area contributed by atoms with E-state index >= 15 is 0 Å². The molecule has 1 aliphatic rings.